The molecule has 2 rings (SSSR count). The van der Waals surface area contributed by atoms with Crippen LogP contribution in [0.3, 0.4) is 0 Å². The molecule has 0 heterocycles. The average molecular weight is 434 g/mol. The second kappa shape index (κ2) is 9.62. The second-order valence-electron chi connectivity index (χ2n) is 6.84. The van der Waals surface area contributed by atoms with Crippen molar-refractivity contribution in [3.8, 4) is 11.5 Å². The van der Waals surface area contributed by atoms with E-state index in [4.69, 9.17) is 9.47 Å². The number of hydrogen-bond donors (Lipinski definition) is 1. The van der Waals surface area contributed by atoms with Gasteiger partial charge in [0.2, 0.25) is 10.0 Å². The number of aryl methyl sites for hydroxylation is 2. The topological polar surface area (TPSA) is 97.3 Å². The van der Waals surface area contributed by atoms with Crippen molar-refractivity contribution in [3.63, 3.8) is 0 Å². The van der Waals surface area contributed by atoms with Crippen molar-refractivity contribution in [1.82, 2.24) is 5.43 Å². The first-order chi connectivity index (χ1) is 14.1. The molecule has 0 aliphatic heterocycles. The van der Waals surface area contributed by atoms with Gasteiger partial charge in [-0.05, 0) is 62.2 Å². The van der Waals surface area contributed by atoms with Crippen molar-refractivity contribution in [2.24, 2.45) is 5.10 Å². The standard InChI is InChI=1S/C21H27N3O5S/c1-14-7-9-18(11-15(14)2)24(30(6,26)27)13-21(25)23-22-16(3)17-8-10-19(28-4)20(12-17)29-5/h7-12H,13H2,1-6H3,(H,23,25)/b22-16-. The molecule has 0 atom stereocenters. The molecule has 0 aliphatic carbocycles. The summed E-state index contributed by atoms with van der Waals surface area (Å²) < 4.78 is 36.0. The monoisotopic (exact) mass is 433 g/mol. The molecular formula is C21H27N3O5S. The Balaban J connectivity index is 2.18. The van der Waals surface area contributed by atoms with Gasteiger partial charge in [-0.15, -0.1) is 0 Å². The fourth-order valence-electron chi connectivity index (χ4n) is 2.72. The Labute approximate surface area is 177 Å². The number of nitrogens with one attached hydrogen (secondary N) is 1. The molecule has 2 aromatic rings. The number of amides is 1. The van der Waals surface area contributed by atoms with Crippen LogP contribution in [-0.4, -0.2) is 47.1 Å². The van der Waals surface area contributed by atoms with Crippen LogP contribution in [-0.2, 0) is 14.8 Å². The molecule has 162 valence electrons. The Morgan fingerprint density at radius 3 is 2.27 bits per heavy atom. The molecule has 0 saturated heterocycles. The van der Waals surface area contributed by atoms with Crippen molar-refractivity contribution in [1.29, 1.82) is 0 Å². The number of rotatable bonds is 8. The van der Waals surface area contributed by atoms with E-state index in [0.717, 1.165) is 27.3 Å². The SMILES string of the molecule is COc1ccc(/C(C)=N\NC(=O)CN(c2ccc(C)c(C)c2)S(C)(=O)=O)cc1OC. The van der Waals surface area contributed by atoms with Crippen LogP contribution in [0.1, 0.15) is 23.6 Å². The summed E-state index contributed by atoms with van der Waals surface area (Å²) in [5.74, 6) is 0.558. The number of sulfonamides is 1. The van der Waals surface area contributed by atoms with Gasteiger partial charge in [0.1, 0.15) is 6.54 Å². The number of methoxy groups -OCH3 is 2. The summed E-state index contributed by atoms with van der Waals surface area (Å²) in [5, 5.41) is 4.08. The summed E-state index contributed by atoms with van der Waals surface area (Å²) in [6.45, 7) is 5.15. The molecule has 0 fully saturated rings. The fraction of sp³-hybridized carbons (Fsp3) is 0.333. The van der Waals surface area contributed by atoms with Crippen LogP contribution >= 0.6 is 0 Å². The van der Waals surface area contributed by atoms with Crippen LogP contribution in [0.4, 0.5) is 5.69 Å². The van der Waals surface area contributed by atoms with Crippen LogP contribution in [0, 0.1) is 13.8 Å². The van der Waals surface area contributed by atoms with E-state index in [2.05, 4.69) is 10.5 Å². The summed E-state index contributed by atoms with van der Waals surface area (Å²) in [5.41, 5.74) is 6.06. The van der Waals surface area contributed by atoms with E-state index in [9.17, 15) is 13.2 Å². The number of ether oxygens (including phenoxy) is 2. The highest BCUT2D eigenvalue weighted by Crippen LogP contribution is 2.27. The van der Waals surface area contributed by atoms with Gasteiger partial charge in [-0.25, -0.2) is 13.8 Å². The third kappa shape index (κ3) is 5.73. The van der Waals surface area contributed by atoms with Crippen LogP contribution in [0.5, 0.6) is 11.5 Å². The van der Waals surface area contributed by atoms with Gasteiger partial charge in [-0.2, -0.15) is 5.10 Å². The fourth-order valence-corrected chi connectivity index (χ4v) is 3.57. The molecule has 0 spiro atoms. The van der Waals surface area contributed by atoms with Gasteiger partial charge in [0.15, 0.2) is 11.5 Å². The molecule has 0 unspecified atom stereocenters. The van der Waals surface area contributed by atoms with Crippen molar-refractivity contribution < 1.29 is 22.7 Å². The van der Waals surface area contributed by atoms with Crippen molar-refractivity contribution in [3.05, 3.63) is 53.1 Å². The van der Waals surface area contributed by atoms with Crippen molar-refractivity contribution in [2.45, 2.75) is 20.8 Å². The highest BCUT2D eigenvalue weighted by atomic mass is 32.2. The van der Waals surface area contributed by atoms with Gasteiger partial charge >= 0.3 is 0 Å². The second-order valence-corrected chi connectivity index (χ2v) is 8.75. The van der Waals surface area contributed by atoms with E-state index >= 15 is 0 Å². The van der Waals surface area contributed by atoms with Gasteiger partial charge in [0, 0.05) is 5.56 Å². The summed E-state index contributed by atoms with van der Waals surface area (Å²) in [4.78, 5) is 12.4. The van der Waals surface area contributed by atoms with Crippen LogP contribution in [0.2, 0.25) is 0 Å². The molecule has 0 saturated carbocycles. The first kappa shape index (κ1) is 23.2. The summed E-state index contributed by atoms with van der Waals surface area (Å²) in [7, 11) is -0.583. The molecule has 30 heavy (non-hydrogen) atoms. The summed E-state index contributed by atoms with van der Waals surface area (Å²) >= 11 is 0. The Morgan fingerprint density at radius 2 is 1.70 bits per heavy atom. The normalized spacial score (nSPS) is 11.7. The third-order valence-corrected chi connectivity index (χ3v) is 5.76. The van der Waals surface area contributed by atoms with E-state index in [1.807, 2.05) is 19.9 Å². The van der Waals surface area contributed by atoms with E-state index < -0.39 is 15.9 Å². The molecule has 0 radical (unpaired) electrons. The molecule has 2 aromatic carbocycles. The molecule has 8 nitrogen and oxygen atoms in total. The lowest BCUT2D eigenvalue weighted by Crippen LogP contribution is -2.39. The largest absolute Gasteiger partial charge is 0.493 e. The van der Waals surface area contributed by atoms with Gasteiger partial charge < -0.3 is 9.47 Å². The molecule has 0 aliphatic rings. The molecule has 9 heteroatoms. The average Bonchev–Trinajstić information content (AvgIpc) is 2.70. The first-order valence-electron chi connectivity index (χ1n) is 9.17. The Hall–Kier alpha value is -3.07. The zero-order valence-corrected chi connectivity index (χ0v) is 18.8. The minimum Gasteiger partial charge on any atom is -0.493 e. The molecule has 0 aromatic heterocycles. The van der Waals surface area contributed by atoms with Gasteiger partial charge in [-0.1, -0.05) is 6.07 Å². The Kier molecular flexibility index (Phi) is 7.44. The summed E-state index contributed by atoms with van der Waals surface area (Å²) in [6, 6.07) is 10.5. The highest BCUT2D eigenvalue weighted by Gasteiger charge is 2.21. The zero-order chi connectivity index (χ0) is 22.5. The number of benzene rings is 2. The van der Waals surface area contributed by atoms with Crippen LogP contribution in [0.15, 0.2) is 41.5 Å². The Morgan fingerprint density at radius 1 is 1.03 bits per heavy atom. The van der Waals surface area contributed by atoms with Crippen LogP contribution < -0.4 is 19.2 Å². The Bertz CT molecular complexity index is 1060. The lowest BCUT2D eigenvalue weighted by atomic mass is 10.1. The van der Waals surface area contributed by atoms with Crippen LogP contribution in [0.25, 0.3) is 0 Å². The van der Waals surface area contributed by atoms with E-state index in [-0.39, 0.29) is 6.54 Å². The number of carbonyl (C=O) groups is 1. The molecular weight excluding hydrogens is 406 g/mol. The highest BCUT2D eigenvalue weighted by molar-refractivity contribution is 7.92. The minimum atomic E-state index is -3.66. The maximum atomic E-state index is 12.4. The third-order valence-electron chi connectivity index (χ3n) is 4.62. The van der Waals surface area contributed by atoms with E-state index in [0.29, 0.717) is 22.9 Å². The number of hydrazone groups is 1. The quantitative estimate of drug-likeness (QED) is 0.510. The maximum absolute atomic E-state index is 12.4. The number of carbonyl (C=O) groups excluding carboxylic acids is 1. The zero-order valence-electron chi connectivity index (χ0n) is 18.0. The number of nitrogens with zero attached hydrogens (tertiary/aromatic N) is 2. The smallest absolute Gasteiger partial charge is 0.260 e. The van der Waals surface area contributed by atoms with E-state index in [1.165, 1.54) is 7.11 Å². The predicted octanol–water partition coefficient (Wildman–Crippen LogP) is 2.63. The molecule has 1 N–H and O–H groups in total. The maximum Gasteiger partial charge on any atom is 0.260 e. The number of hydrogen-bond acceptors (Lipinski definition) is 6. The lowest BCUT2D eigenvalue weighted by Gasteiger charge is -2.22. The molecule has 1 amide bonds. The van der Waals surface area contributed by atoms with Gasteiger partial charge in [-0.3, -0.25) is 9.10 Å². The van der Waals surface area contributed by atoms with Gasteiger partial charge in [0.05, 0.1) is 31.9 Å². The first-order valence-corrected chi connectivity index (χ1v) is 11.0. The number of anilines is 1. The minimum absolute atomic E-state index is 0.385. The van der Waals surface area contributed by atoms with Gasteiger partial charge in [0.25, 0.3) is 5.91 Å². The predicted molar refractivity (Wildman–Crippen MR) is 118 cm³/mol. The summed E-state index contributed by atoms with van der Waals surface area (Å²) in [6.07, 6.45) is 1.06. The van der Waals surface area contributed by atoms with E-state index in [1.54, 1.807) is 44.4 Å². The lowest BCUT2D eigenvalue weighted by molar-refractivity contribution is -0.119. The van der Waals surface area contributed by atoms with Crippen molar-refractivity contribution in [2.75, 3.05) is 31.3 Å². The molecule has 0 bridgehead atoms. The van der Waals surface area contributed by atoms with Crippen molar-refractivity contribution >= 4 is 27.3 Å².